The fourth-order valence-corrected chi connectivity index (χ4v) is 10.3. The van der Waals surface area contributed by atoms with Crippen molar-refractivity contribution >= 4 is 23.8 Å². The van der Waals surface area contributed by atoms with Crippen molar-refractivity contribution in [2.45, 2.75) is 133 Å². The third kappa shape index (κ3) is 6.77. The lowest BCUT2D eigenvalue weighted by molar-refractivity contribution is -0.343. The minimum atomic E-state index is -2.29. The highest BCUT2D eigenvalue weighted by atomic mass is 16.6. The quantitative estimate of drug-likeness (QED) is 0.152. The summed E-state index contributed by atoms with van der Waals surface area (Å²) in [4.78, 5) is 56.0. The lowest BCUT2D eigenvalue weighted by atomic mass is 9.44. The van der Waals surface area contributed by atoms with Crippen LogP contribution in [0.2, 0.25) is 0 Å². The van der Waals surface area contributed by atoms with Crippen LogP contribution < -0.4 is 10.6 Å². The zero-order valence-corrected chi connectivity index (χ0v) is 32.7. The van der Waals surface area contributed by atoms with Gasteiger partial charge in [0, 0.05) is 30.2 Å². The Balaban J connectivity index is 1.28. The summed E-state index contributed by atoms with van der Waals surface area (Å²) >= 11 is 0. The van der Waals surface area contributed by atoms with Gasteiger partial charge in [0.05, 0.1) is 35.8 Å². The molecule has 0 aromatic heterocycles. The molecule has 5 aliphatic rings. The molecule has 11 atom stereocenters. The molecule has 2 bridgehead atoms. The number of ketones is 1. The number of aliphatic hydroxyl groups is 5. The van der Waals surface area contributed by atoms with E-state index < -0.39 is 101 Å². The van der Waals surface area contributed by atoms with Crippen LogP contribution in [-0.2, 0) is 23.8 Å². The van der Waals surface area contributed by atoms with Crippen LogP contribution >= 0.6 is 0 Å². The minimum Gasteiger partial charge on any atom is -0.456 e. The van der Waals surface area contributed by atoms with Crippen molar-refractivity contribution in [3.63, 3.8) is 0 Å². The Labute approximate surface area is 331 Å². The number of hydrogen-bond donors (Lipinski definition) is 7. The first-order valence-electron chi connectivity index (χ1n) is 19.9. The van der Waals surface area contributed by atoms with E-state index in [1.807, 2.05) is 0 Å². The van der Waals surface area contributed by atoms with Gasteiger partial charge in [-0.25, -0.2) is 14.4 Å². The molecule has 0 radical (unpaired) electrons. The Morgan fingerprint density at radius 3 is 2.16 bits per heavy atom. The van der Waals surface area contributed by atoms with E-state index in [0.717, 1.165) is 32.1 Å². The van der Waals surface area contributed by atoms with Gasteiger partial charge in [-0.1, -0.05) is 81.6 Å². The van der Waals surface area contributed by atoms with Gasteiger partial charge in [0.1, 0.15) is 29.5 Å². The van der Waals surface area contributed by atoms with Crippen LogP contribution in [0.1, 0.15) is 94.6 Å². The second-order valence-electron chi connectivity index (χ2n) is 17.3. The molecular weight excluding hydrogens is 736 g/mol. The van der Waals surface area contributed by atoms with E-state index in [9.17, 15) is 44.7 Å². The summed E-state index contributed by atoms with van der Waals surface area (Å²) in [7, 11) is 0. The summed E-state index contributed by atoms with van der Waals surface area (Å²) in [6.07, 6.45) is -5.53. The molecule has 14 heteroatoms. The molecule has 1 heterocycles. The van der Waals surface area contributed by atoms with Gasteiger partial charge in [0.25, 0.3) is 0 Å². The molecule has 3 saturated carbocycles. The van der Waals surface area contributed by atoms with E-state index >= 15 is 0 Å². The van der Waals surface area contributed by atoms with Crippen LogP contribution in [-0.4, -0.2) is 110 Å². The molecule has 10 unspecified atom stereocenters. The van der Waals surface area contributed by atoms with Gasteiger partial charge < -0.3 is 50.4 Å². The molecule has 4 fully saturated rings. The van der Waals surface area contributed by atoms with Crippen LogP contribution in [0.4, 0.5) is 4.79 Å². The maximum atomic E-state index is 14.7. The van der Waals surface area contributed by atoms with Crippen LogP contribution in [0, 0.1) is 16.7 Å². The number of amides is 2. The van der Waals surface area contributed by atoms with Crippen molar-refractivity contribution < 1.29 is 58.9 Å². The number of carbonyl (C=O) groups is 4. The standard InChI is InChI=1S/C43H54N2O12/c1-23-27(56-38(51)33(48)31(24-14-8-5-9-15-24)45-39(52)44-26-18-12-7-13-19-26)21-43(54)36(57-37(50)25-16-10-6-11-17-25)34-41(4,28(46)20-29-42(34,53)22-55-29)35(49)32(47)30(23)40(43,2)3/h5-6,8-11,14-17,26-29,31-34,36,46-48,53-54H,7,12-13,18-22H2,1-4H3,(H2,44,45,52)/t27?,28?,29?,31?,32?,33?,34?,36?,41-,42?,43?/m1/s1. The minimum absolute atomic E-state index is 0.0234. The van der Waals surface area contributed by atoms with Crippen molar-refractivity contribution in [1.82, 2.24) is 10.6 Å². The summed E-state index contributed by atoms with van der Waals surface area (Å²) in [6, 6.07) is 14.5. The van der Waals surface area contributed by atoms with Crippen molar-refractivity contribution in [3.05, 3.63) is 82.9 Å². The Morgan fingerprint density at radius 2 is 1.54 bits per heavy atom. The molecule has 308 valence electrons. The predicted octanol–water partition coefficient (Wildman–Crippen LogP) is 2.80. The highest BCUT2D eigenvalue weighted by Gasteiger charge is 2.76. The molecule has 2 aromatic carbocycles. The number of urea groups is 1. The number of ether oxygens (including phenoxy) is 3. The fourth-order valence-electron chi connectivity index (χ4n) is 10.3. The Hall–Kier alpha value is -4.18. The number of Topliss-reactive ketones (excluding diaryl/α,β-unsaturated/α-hetero) is 1. The molecule has 2 amide bonds. The summed E-state index contributed by atoms with van der Waals surface area (Å²) in [5.74, 6) is -4.45. The smallest absolute Gasteiger partial charge is 0.338 e. The Kier molecular flexibility index (Phi) is 10.9. The van der Waals surface area contributed by atoms with Gasteiger partial charge in [-0.05, 0) is 55.5 Å². The van der Waals surface area contributed by atoms with Crippen molar-refractivity contribution in [2.75, 3.05) is 6.61 Å². The van der Waals surface area contributed by atoms with Crippen molar-refractivity contribution in [2.24, 2.45) is 16.7 Å². The number of nitrogens with one attached hydrogen (secondary N) is 2. The van der Waals surface area contributed by atoms with Gasteiger partial charge >= 0.3 is 18.0 Å². The molecule has 57 heavy (non-hydrogen) atoms. The van der Waals surface area contributed by atoms with E-state index in [1.165, 1.54) is 26.0 Å². The number of rotatable bonds is 8. The largest absolute Gasteiger partial charge is 0.456 e. The summed E-state index contributed by atoms with van der Waals surface area (Å²) in [5.41, 5.74) is -7.02. The van der Waals surface area contributed by atoms with E-state index in [1.54, 1.807) is 62.4 Å². The highest BCUT2D eigenvalue weighted by molar-refractivity contribution is 5.94. The summed E-state index contributed by atoms with van der Waals surface area (Å²) in [6.45, 7) is 5.76. The van der Waals surface area contributed by atoms with Crippen LogP contribution in [0.3, 0.4) is 0 Å². The summed E-state index contributed by atoms with van der Waals surface area (Å²) in [5, 5.41) is 66.6. The third-order valence-electron chi connectivity index (χ3n) is 13.8. The number of carbonyl (C=O) groups excluding carboxylic acids is 4. The maximum absolute atomic E-state index is 14.7. The molecule has 2 aromatic rings. The lowest BCUT2D eigenvalue weighted by Crippen LogP contribution is -2.81. The highest BCUT2D eigenvalue weighted by Crippen LogP contribution is 2.63. The Morgan fingerprint density at radius 1 is 0.912 bits per heavy atom. The SMILES string of the molecule is CC1=C2C(O)C(=O)[C@]3(C)C(O)CC4OCC4(O)C3C(OC(=O)c3ccccc3)C(O)(CC1OC(=O)C(O)C(NC(=O)NC1CCCCC1)c1ccccc1)C2(C)C. The monoisotopic (exact) mass is 790 g/mol. The number of esters is 2. The van der Waals surface area contributed by atoms with Crippen LogP contribution in [0.25, 0.3) is 0 Å². The lowest BCUT2D eigenvalue weighted by Gasteiger charge is -2.66. The molecule has 0 spiro atoms. The zero-order valence-electron chi connectivity index (χ0n) is 32.7. The first-order valence-corrected chi connectivity index (χ1v) is 19.9. The third-order valence-corrected chi connectivity index (χ3v) is 13.8. The van der Waals surface area contributed by atoms with Gasteiger partial charge in [-0.15, -0.1) is 0 Å². The van der Waals surface area contributed by atoms with Gasteiger partial charge in [0.15, 0.2) is 11.9 Å². The molecule has 7 rings (SSSR count). The average molecular weight is 791 g/mol. The molecule has 4 aliphatic carbocycles. The Bertz CT molecular complexity index is 1900. The van der Waals surface area contributed by atoms with Gasteiger partial charge in [-0.3, -0.25) is 4.79 Å². The molecule has 14 nitrogen and oxygen atoms in total. The van der Waals surface area contributed by atoms with E-state index in [2.05, 4.69) is 10.6 Å². The number of hydrogen-bond acceptors (Lipinski definition) is 12. The summed E-state index contributed by atoms with van der Waals surface area (Å²) < 4.78 is 17.9. The van der Waals surface area contributed by atoms with Gasteiger partial charge in [-0.2, -0.15) is 0 Å². The molecule has 1 saturated heterocycles. The van der Waals surface area contributed by atoms with Crippen molar-refractivity contribution in [1.29, 1.82) is 0 Å². The van der Waals surface area contributed by atoms with Crippen LogP contribution in [0.15, 0.2) is 71.8 Å². The second-order valence-corrected chi connectivity index (χ2v) is 17.3. The topological polar surface area (TPSA) is 221 Å². The average Bonchev–Trinajstić information content (AvgIpc) is 3.19. The molecule has 1 aliphatic heterocycles. The zero-order chi connectivity index (χ0) is 41.1. The molecular formula is C43H54N2O12. The number of benzene rings is 2. The molecule has 7 N–H and O–H groups in total. The number of fused-ring (bicyclic) bond motifs is 5. The van der Waals surface area contributed by atoms with E-state index in [0.29, 0.717) is 5.56 Å². The number of aliphatic hydroxyl groups excluding tert-OH is 3. The van der Waals surface area contributed by atoms with E-state index in [-0.39, 0.29) is 35.8 Å². The fraction of sp³-hybridized carbons (Fsp3) is 0.581. The second kappa shape index (κ2) is 15.2. The predicted molar refractivity (Wildman–Crippen MR) is 203 cm³/mol. The van der Waals surface area contributed by atoms with Crippen LogP contribution in [0.5, 0.6) is 0 Å². The maximum Gasteiger partial charge on any atom is 0.338 e. The van der Waals surface area contributed by atoms with E-state index in [4.69, 9.17) is 14.2 Å². The first kappa shape index (κ1) is 41.0. The normalized spacial score (nSPS) is 35.8. The first-order chi connectivity index (χ1) is 26.9. The van der Waals surface area contributed by atoms with Crippen molar-refractivity contribution in [3.8, 4) is 0 Å². The van der Waals surface area contributed by atoms with Gasteiger partial charge in [0.2, 0.25) is 0 Å².